The van der Waals surface area contributed by atoms with Gasteiger partial charge in [0, 0.05) is 0 Å². The molecule has 2 radical (unpaired) electrons. The molecule has 0 aromatic carbocycles. The molecule has 0 aromatic rings. The fourth-order valence-corrected chi connectivity index (χ4v) is 2.22. The van der Waals surface area contributed by atoms with Gasteiger partial charge in [-0.1, -0.05) is 64.7 Å². The average Bonchev–Trinajstić information content (AvgIpc) is 2.19. The molecule has 0 bridgehead atoms. The smallest absolute Gasteiger partial charge is 0.0355 e. The highest BCUT2D eigenvalue weighted by atomic mass is 14.2. The largest absolute Gasteiger partial charge is 0.0533 e. The maximum Gasteiger partial charge on any atom is -0.0355 e. The van der Waals surface area contributed by atoms with Crippen LogP contribution in [0.1, 0.15) is 64.2 Å². The predicted molar refractivity (Wildman–Crippen MR) is 59.3 cm³/mol. The van der Waals surface area contributed by atoms with Gasteiger partial charge in [0.1, 0.15) is 0 Å². The second-order valence-electron chi connectivity index (χ2n) is 4.34. The van der Waals surface area contributed by atoms with Crippen LogP contribution in [0.3, 0.4) is 0 Å². The summed E-state index contributed by atoms with van der Waals surface area (Å²) in [6, 6.07) is 0. The fraction of sp³-hybridized carbons (Fsp3) is 0.846. The van der Waals surface area contributed by atoms with Crippen LogP contribution in [0.2, 0.25) is 0 Å². The van der Waals surface area contributed by atoms with Gasteiger partial charge in [-0.05, 0) is 18.8 Å². The van der Waals surface area contributed by atoms with E-state index in [1.165, 1.54) is 57.8 Å². The number of unbranched alkanes of at least 4 members (excludes halogenated alkanes) is 4. The lowest BCUT2D eigenvalue weighted by molar-refractivity contribution is 0.387. The highest BCUT2D eigenvalue weighted by Crippen LogP contribution is 2.27. The van der Waals surface area contributed by atoms with Gasteiger partial charge in [0.25, 0.3) is 0 Å². The maximum absolute atomic E-state index is 3.86. The van der Waals surface area contributed by atoms with Crippen molar-refractivity contribution < 1.29 is 0 Å². The van der Waals surface area contributed by atoms with E-state index in [9.17, 15) is 0 Å². The molecule has 0 atom stereocenters. The minimum atomic E-state index is 0.966. The summed E-state index contributed by atoms with van der Waals surface area (Å²) in [6.45, 7) is 3.86. The first-order valence-corrected chi connectivity index (χ1v) is 6.06. The summed E-state index contributed by atoms with van der Waals surface area (Å²) >= 11 is 0. The van der Waals surface area contributed by atoms with E-state index in [1.54, 1.807) is 0 Å². The Morgan fingerprint density at radius 2 is 1.77 bits per heavy atom. The molecule has 76 valence electrons. The minimum absolute atomic E-state index is 0.966. The summed E-state index contributed by atoms with van der Waals surface area (Å²) in [5, 5.41) is 0. The normalized spacial score (nSPS) is 19.2. The van der Waals surface area contributed by atoms with Crippen molar-refractivity contribution in [2.45, 2.75) is 64.2 Å². The molecule has 0 heteroatoms. The first kappa shape index (κ1) is 11.1. The number of rotatable bonds is 6. The van der Waals surface area contributed by atoms with E-state index in [0.717, 1.165) is 12.3 Å². The molecule has 0 unspecified atom stereocenters. The molecule has 0 aliphatic heterocycles. The zero-order valence-corrected chi connectivity index (χ0v) is 8.93. The summed E-state index contributed by atoms with van der Waals surface area (Å²) in [4.78, 5) is 0. The first-order valence-electron chi connectivity index (χ1n) is 6.06. The van der Waals surface area contributed by atoms with Crippen LogP contribution in [0, 0.1) is 19.3 Å². The Morgan fingerprint density at radius 1 is 1.00 bits per heavy atom. The SMILES string of the molecule is [CH2]CCCCC[CH]C1CCCCC1. The highest BCUT2D eigenvalue weighted by molar-refractivity contribution is 4.78. The lowest BCUT2D eigenvalue weighted by Gasteiger charge is -2.20. The van der Waals surface area contributed by atoms with E-state index in [1.807, 2.05) is 0 Å². The topological polar surface area (TPSA) is 0 Å². The van der Waals surface area contributed by atoms with E-state index in [0.29, 0.717) is 0 Å². The Bertz CT molecular complexity index is 101. The second kappa shape index (κ2) is 7.41. The molecular weight excluding hydrogens is 156 g/mol. The van der Waals surface area contributed by atoms with Crippen molar-refractivity contribution in [1.29, 1.82) is 0 Å². The molecule has 1 aliphatic carbocycles. The molecule has 1 saturated carbocycles. The summed E-state index contributed by atoms with van der Waals surface area (Å²) in [7, 11) is 0. The maximum atomic E-state index is 3.86. The van der Waals surface area contributed by atoms with Crippen LogP contribution < -0.4 is 0 Å². The van der Waals surface area contributed by atoms with Crippen molar-refractivity contribution in [2.75, 3.05) is 0 Å². The third-order valence-electron chi connectivity index (χ3n) is 3.10. The van der Waals surface area contributed by atoms with E-state index < -0.39 is 0 Å². The number of hydrogen-bond acceptors (Lipinski definition) is 0. The molecule has 0 N–H and O–H groups in total. The molecule has 0 amide bonds. The van der Waals surface area contributed by atoms with Crippen LogP contribution in [0.25, 0.3) is 0 Å². The van der Waals surface area contributed by atoms with E-state index >= 15 is 0 Å². The number of hydrogen-bond donors (Lipinski definition) is 0. The summed E-state index contributed by atoms with van der Waals surface area (Å²) < 4.78 is 0. The summed E-state index contributed by atoms with van der Waals surface area (Å²) in [5.41, 5.74) is 0. The van der Waals surface area contributed by atoms with Gasteiger partial charge in [0.05, 0.1) is 0 Å². The molecule has 13 heavy (non-hydrogen) atoms. The quantitative estimate of drug-likeness (QED) is 0.526. The van der Waals surface area contributed by atoms with Crippen molar-refractivity contribution in [3.05, 3.63) is 13.3 Å². The highest BCUT2D eigenvalue weighted by Gasteiger charge is 2.12. The van der Waals surface area contributed by atoms with Crippen molar-refractivity contribution in [3.8, 4) is 0 Å². The molecule has 0 heterocycles. The Morgan fingerprint density at radius 3 is 2.46 bits per heavy atom. The lowest BCUT2D eigenvalue weighted by Crippen LogP contribution is -2.06. The van der Waals surface area contributed by atoms with Crippen molar-refractivity contribution in [2.24, 2.45) is 5.92 Å². The van der Waals surface area contributed by atoms with E-state index in [-0.39, 0.29) is 0 Å². The Balaban J connectivity index is 1.86. The molecular formula is C13H24. The van der Waals surface area contributed by atoms with Gasteiger partial charge < -0.3 is 0 Å². The monoisotopic (exact) mass is 180 g/mol. The Kier molecular flexibility index (Phi) is 6.31. The average molecular weight is 180 g/mol. The van der Waals surface area contributed by atoms with Crippen molar-refractivity contribution in [1.82, 2.24) is 0 Å². The molecule has 1 fully saturated rings. The van der Waals surface area contributed by atoms with Crippen molar-refractivity contribution >= 4 is 0 Å². The standard InChI is InChI=1S/C13H24/c1-2-3-4-5-7-10-13-11-8-6-9-12-13/h10,13H,1-9,11-12H2. The van der Waals surface area contributed by atoms with Gasteiger partial charge in [-0.3, -0.25) is 0 Å². The lowest BCUT2D eigenvalue weighted by atomic mass is 9.85. The van der Waals surface area contributed by atoms with E-state index in [4.69, 9.17) is 0 Å². The predicted octanol–water partition coefficient (Wildman–Crippen LogP) is 4.56. The van der Waals surface area contributed by atoms with Gasteiger partial charge in [0.15, 0.2) is 0 Å². The van der Waals surface area contributed by atoms with Gasteiger partial charge >= 0.3 is 0 Å². The van der Waals surface area contributed by atoms with Gasteiger partial charge in [-0.25, -0.2) is 0 Å². The summed E-state index contributed by atoms with van der Waals surface area (Å²) in [6.07, 6.45) is 16.5. The van der Waals surface area contributed by atoms with Crippen LogP contribution in [-0.2, 0) is 0 Å². The van der Waals surface area contributed by atoms with E-state index in [2.05, 4.69) is 13.3 Å². The van der Waals surface area contributed by atoms with Crippen LogP contribution in [-0.4, -0.2) is 0 Å². The molecule has 1 rings (SSSR count). The van der Waals surface area contributed by atoms with Gasteiger partial charge in [-0.15, -0.1) is 0 Å². The molecule has 0 aromatic heterocycles. The van der Waals surface area contributed by atoms with Crippen LogP contribution in [0.5, 0.6) is 0 Å². The molecule has 0 nitrogen and oxygen atoms in total. The molecule has 0 saturated heterocycles. The zero-order valence-electron chi connectivity index (χ0n) is 8.93. The Labute approximate surface area is 84.1 Å². The first-order chi connectivity index (χ1) is 6.43. The molecule has 0 spiro atoms. The Hall–Kier alpha value is 0. The van der Waals surface area contributed by atoms with Crippen LogP contribution >= 0.6 is 0 Å². The van der Waals surface area contributed by atoms with Crippen LogP contribution in [0.4, 0.5) is 0 Å². The fourth-order valence-electron chi connectivity index (χ4n) is 2.22. The van der Waals surface area contributed by atoms with Gasteiger partial charge in [0.2, 0.25) is 0 Å². The van der Waals surface area contributed by atoms with Crippen molar-refractivity contribution in [3.63, 3.8) is 0 Å². The third-order valence-corrected chi connectivity index (χ3v) is 3.10. The van der Waals surface area contributed by atoms with Gasteiger partial charge in [-0.2, -0.15) is 0 Å². The minimum Gasteiger partial charge on any atom is -0.0533 e. The van der Waals surface area contributed by atoms with Crippen LogP contribution in [0.15, 0.2) is 0 Å². The third kappa shape index (κ3) is 5.33. The summed E-state index contributed by atoms with van der Waals surface area (Å²) in [5.74, 6) is 0.966. The zero-order chi connectivity index (χ0) is 9.36. The molecule has 1 aliphatic rings. The second-order valence-corrected chi connectivity index (χ2v) is 4.34.